The van der Waals surface area contributed by atoms with Crippen LogP contribution in [0.15, 0.2) is 53.7 Å². The Kier molecular flexibility index (Phi) is 7.50. The highest BCUT2D eigenvalue weighted by molar-refractivity contribution is 6.42. The Hall–Kier alpha value is -2.74. The molecule has 0 bridgehead atoms. The van der Waals surface area contributed by atoms with Crippen LogP contribution >= 0.6 is 23.2 Å². The number of carbonyl (C=O) groups excluding carboxylic acids is 2. The van der Waals surface area contributed by atoms with Crippen molar-refractivity contribution in [2.45, 2.75) is 20.8 Å². The Morgan fingerprint density at radius 1 is 1.07 bits per heavy atom. The van der Waals surface area contributed by atoms with Gasteiger partial charge in [-0.05, 0) is 49.2 Å². The number of nitrogens with two attached hydrogens (primary N) is 1. The maximum absolute atomic E-state index is 13.0. The molecule has 0 aromatic heterocycles. The second-order valence-corrected chi connectivity index (χ2v) is 7.41. The number of carbonyl (C=O) groups is 2. The van der Waals surface area contributed by atoms with E-state index in [0.717, 1.165) is 5.01 Å². The summed E-state index contributed by atoms with van der Waals surface area (Å²) in [6.07, 6.45) is 0. The smallest absolute Gasteiger partial charge is 0.270 e. The van der Waals surface area contributed by atoms with E-state index in [1.165, 1.54) is 18.2 Å². The molecule has 0 saturated carbocycles. The maximum atomic E-state index is 13.0. The molecule has 2 aromatic carbocycles. The van der Waals surface area contributed by atoms with Gasteiger partial charge in [-0.1, -0.05) is 43.1 Å². The van der Waals surface area contributed by atoms with Gasteiger partial charge in [-0.2, -0.15) is 0 Å². The summed E-state index contributed by atoms with van der Waals surface area (Å²) in [6, 6.07) is 10.5. The molecule has 5 N–H and O–H groups in total. The predicted molar refractivity (Wildman–Crippen MR) is 114 cm³/mol. The van der Waals surface area contributed by atoms with Crippen LogP contribution in [-0.2, 0) is 4.79 Å². The minimum atomic E-state index is -0.468. The predicted octanol–water partition coefficient (Wildman–Crippen LogP) is 3.77. The normalized spacial score (nSPS) is 11.7. The first-order valence-electron chi connectivity index (χ1n) is 8.72. The van der Waals surface area contributed by atoms with Gasteiger partial charge in [0, 0.05) is 16.8 Å². The Morgan fingerprint density at radius 3 is 2.34 bits per heavy atom. The molecule has 0 heterocycles. The summed E-state index contributed by atoms with van der Waals surface area (Å²) in [5.74, 6) is 4.85. The van der Waals surface area contributed by atoms with Gasteiger partial charge in [-0.3, -0.25) is 15.0 Å². The standard InChI is InChI=1S/C20H22Cl2N4O3/c1-11(2)18(20(29)26(23)14-7-8-16(21)17(22)10-14)12(3)24-25-19(28)13-5-4-6-15(27)9-13/h4-11,24,27H,23H2,1-3H3,(H,25,28)/b18-12-. The van der Waals surface area contributed by atoms with Crippen LogP contribution in [0.1, 0.15) is 31.1 Å². The zero-order chi connectivity index (χ0) is 21.7. The van der Waals surface area contributed by atoms with Crippen LogP contribution in [0.3, 0.4) is 0 Å². The van der Waals surface area contributed by atoms with Crippen molar-refractivity contribution in [1.29, 1.82) is 0 Å². The number of nitrogens with one attached hydrogen (secondary N) is 2. The Morgan fingerprint density at radius 2 is 1.76 bits per heavy atom. The van der Waals surface area contributed by atoms with Crippen LogP contribution in [0, 0.1) is 5.92 Å². The van der Waals surface area contributed by atoms with Gasteiger partial charge in [-0.15, -0.1) is 0 Å². The minimum Gasteiger partial charge on any atom is -0.508 e. The van der Waals surface area contributed by atoms with Crippen molar-refractivity contribution in [2.24, 2.45) is 11.8 Å². The van der Waals surface area contributed by atoms with Crippen molar-refractivity contribution >= 4 is 40.7 Å². The largest absolute Gasteiger partial charge is 0.508 e. The van der Waals surface area contributed by atoms with Crippen LogP contribution < -0.4 is 21.7 Å². The van der Waals surface area contributed by atoms with Crippen molar-refractivity contribution in [2.75, 3.05) is 5.01 Å². The molecule has 0 fully saturated rings. The van der Waals surface area contributed by atoms with Crippen molar-refractivity contribution < 1.29 is 14.7 Å². The van der Waals surface area contributed by atoms with Gasteiger partial charge in [0.25, 0.3) is 11.8 Å². The van der Waals surface area contributed by atoms with E-state index in [1.807, 2.05) is 13.8 Å². The molecule has 0 spiro atoms. The second kappa shape index (κ2) is 9.65. The highest BCUT2D eigenvalue weighted by Gasteiger charge is 2.23. The molecule has 29 heavy (non-hydrogen) atoms. The molecule has 0 saturated heterocycles. The van der Waals surface area contributed by atoms with Gasteiger partial charge >= 0.3 is 0 Å². The summed E-state index contributed by atoms with van der Waals surface area (Å²) in [4.78, 5) is 25.2. The maximum Gasteiger partial charge on any atom is 0.270 e. The molecule has 9 heteroatoms. The van der Waals surface area contributed by atoms with Crippen LogP contribution in [0.2, 0.25) is 10.0 Å². The number of phenols is 1. The quantitative estimate of drug-likeness (QED) is 0.238. The van der Waals surface area contributed by atoms with Gasteiger partial charge < -0.3 is 10.5 Å². The lowest BCUT2D eigenvalue weighted by Crippen LogP contribution is -2.42. The number of rotatable bonds is 6. The van der Waals surface area contributed by atoms with Crippen molar-refractivity contribution in [3.63, 3.8) is 0 Å². The van der Waals surface area contributed by atoms with Gasteiger partial charge in [0.15, 0.2) is 0 Å². The molecule has 0 unspecified atom stereocenters. The van der Waals surface area contributed by atoms with E-state index in [9.17, 15) is 14.7 Å². The second-order valence-electron chi connectivity index (χ2n) is 6.60. The Labute approximate surface area is 179 Å². The van der Waals surface area contributed by atoms with Crippen LogP contribution in [-0.4, -0.2) is 16.9 Å². The number of hydrogen-bond acceptors (Lipinski definition) is 5. The summed E-state index contributed by atoms with van der Waals surface area (Å²) in [5, 5.41) is 11.1. The van der Waals surface area contributed by atoms with Gasteiger partial charge in [0.1, 0.15) is 5.75 Å². The summed E-state index contributed by atoms with van der Waals surface area (Å²) < 4.78 is 0. The van der Waals surface area contributed by atoms with Gasteiger partial charge in [0.2, 0.25) is 0 Å². The third kappa shape index (κ3) is 5.63. The lowest BCUT2D eigenvalue weighted by molar-refractivity contribution is -0.115. The molecule has 0 atom stereocenters. The average molecular weight is 437 g/mol. The van der Waals surface area contributed by atoms with Gasteiger partial charge in [-0.25, -0.2) is 10.9 Å². The molecule has 2 aromatic rings. The van der Waals surface area contributed by atoms with E-state index in [2.05, 4.69) is 10.9 Å². The molecule has 0 aliphatic rings. The first kappa shape index (κ1) is 22.5. The fourth-order valence-corrected chi connectivity index (χ4v) is 2.95. The number of amides is 2. The van der Waals surface area contributed by atoms with Crippen molar-refractivity contribution in [3.8, 4) is 5.75 Å². The van der Waals surface area contributed by atoms with Gasteiger partial charge in [0.05, 0.1) is 15.7 Å². The number of hydrazine groups is 2. The fourth-order valence-electron chi connectivity index (χ4n) is 2.66. The highest BCUT2D eigenvalue weighted by atomic mass is 35.5. The minimum absolute atomic E-state index is 0.0247. The zero-order valence-corrected chi connectivity index (χ0v) is 17.7. The lowest BCUT2D eigenvalue weighted by Gasteiger charge is -2.23. The highest BCUT2D eigenvalue weighted by Crippen LogP contribution is 2.27. The number of hydrogen-bond donors (Lipinski definition) is 4. The molecule has 2 rings (SSSR count). The van der Waals surface area contributed by atoms with Crippen LogP contribution in [0.4, 0.5) is 5.69 Å². The van der Waals surface area contributed by atoms with E-state index in [4.69, 9.17) is 29.0 Å². The van der Waals surface area contributed by atoms with E-state index in [1.54, 1.807) is 31.2 Å². The number of nitrogens with zero attached hydrogens (tertiary/aromatic N) is 1. The number of anilines is 1. The van der Waals surface area contributed by atoms with Crippen molar-refractivity contribution in [1.82, 2.24) is 10.9 Å². The van der Waals surface area contributed by atoms with E-state index >= 15 is 0 Å². The molecule has 0 radical (unpaired) electrons. The summed E-state index contributed by atoms with van der Waals surface area (Å²) in [6.45, 7) is 5.31. The summed E-state index contributed by atoms with van der Waals surface area (Å²) in [5.41, 5.74) is 6.67. The Balaban J connectivity index is 2.21. The number of aromatic hydroxyl groups is 1. The van der Waals surface area contributed by atoms with E-state index in [-0.39, 0.29) is 22.3 Å². The van der Waals surface area contributed by atoms with Crippen LogP contribution in [0.5, 0.6) is 5.75 Å². The molecule has 154 valence electrons. The number of benzene rings is 2. The molecular weight excluding hydrogens is 415 g/mol. The average Bonchev–Trinajstić information content (AvgIpc) is 2.67. The number of halogens is 2. The first-order valence-corrected chi connectivity index (χ1v) is 9.47. The number of phenolic OH excluding ortho intramolecular Hbond substituents is 1. The number of allylic oxidation sites excluding steroid dienone is 1. The first-order chi connectivity index (χ1) is 13.6. The molecule has 2 amide bonds. The van der Waals surface area contributed by atoms with E-state index < -0.39 is 11.8 Å². The molecule has 0 aliphatic carbocycles. The monoisotopic (exact) mass is 436 g/mol. The van der Waals surface area contributed by atoms with Crippen molar-refractivity contribution in [3.05, 3.63) is 69.3 Å². The molecule has 0 aliphatic heterocycles. The molecule has 7 nitrogen and oxygen atoms in total. The third-order valence-corrected chi connectivity index (χ3v) is 4.82. The third-order valence-electron chi connectivity index (χ3n) is 4.08. The summed E-state index contributed by atoms with van der Waals surface area (Å²) >= 11 is 11.9. The topological polar surface area (TPSA) is 108 Å². The van der Waals surface area contributed by atoms with E-state index in [0.29, 0.717) is 22.0 Å². The fraction of sp³-hybridized carbons (Fsp3) is 0.200. The Bertz CT molecular complexity index is 960. The van der Waals surface area contributed by atoms with Crippen LogP contribution in [0.25, 0.3) is 0 Å². The summed E-state index contributed by atoms with van der Waals surface area (Å²) in [7, 11) is 0. The molecular formula is C20H22Cl2N4O3. The zero-order valence-electron chi connectivity index (χ0n) is 16.2. The SMILES string of the molecule is C/C(NNC(=O)c1cccc(O)c1)=C(/C(=O)N(N)c1ccc(Cl)c(Cl)c1)C(C)C. The lowest BCUT2D eigenvalue weighted by atomic mass is 10.00.